The van der Waals surface area contributed by atoms with Crippen LogP contribution in [0, 0.1) is 5.82 Å². The van der Waals surface area contributed by atoms with Gasteiger partial charge in [-0.2, -0.15) is 0 Å². The largest absolute Gasteiger partial charge is 0.368 e. The Kier molecular flexibility index (Phi) is 4.90. The van der Waals surface area contributed by atoms with Crippen molar-refractivity contribution in [3.05, 3.63) is 53.9 Å². The summed E-state index contributed by atoms with van der Waals surface area (Å²) in [6.45, 7) is 0.456. The number of halogens is 1. The van der Waals surface area contributed by atoms with Gasteiger partial charge in [-0.25, -0.2) is 9.37 Å². The number of carbonyl (C=O) groups is 2. The maximum absolute atomic E-state index is 14.5. The summed E-state index contributed by atoms with van der Waals surface area (Å²) < 4.78 is 14.5. The first-order chi connectivity index (χ1) is 15.0. The number of rotatable bonds is 5. The Labute approximate surface area is 178 Å². The van der Waals surface area contributed by atoms with E-state index in [4.69, 9.17) is 0 Å². The summed E-state index contributed by atoms with van der Waals surface area (Å²) in [7, 11) is 0. The molecule has 2 aromatic heterocycles. The molecule has 0 aromatic carbocycles. The molecule has 1 saturated carbocycles. The predicted octanol–water partition coefficient (Wildman–Crippen LogP) is 1.89. The van der Waals surface area contributed by atoms with Crippen molar-refractivity contribution in [3.8, 4) is 11.1 Å². The number of anilines is 1. The van der Waals surface area contributed by atoms with Gasteiger partial charge in [0.15, 0.2) is 17.9 Å². The number of pyridine rings is 2. The molecular formula is C22H22FN5O3. The molecule has 8 nitrogen and oxygen atoms in total. The molecular weight excluding hydrogens is 401 g/mol. The molecule has 2 aliphatic heterocycles. The predicted molar refractivity (Wildman–Crippen MR) is 110 cm³/mol. The van der Waals surface area contributed by atoms with Crippen molar-refractivity contribution >= 4 is 17.6 Å². The van der Waals surface area contributed by atoms with Crippen molar-refractivity contribution in [2.24, 2.45) is 0 Å². The summed E-state index contributed by atoms with van der Waals surface area (Å²) >= 11 is 0. The number of hydrogen-bond acceptors (Lipinski definition) is 6. The first-order valence-electron chi connectivity index (χ1n) is 10.4. The number of amides is 2. The highest BCUT2D eigenvalue weighted by molar-refractivity contribution is 5.98. The molecule has 160 valence electrons. The Morgan fingerprint density at radius 3 is 2.84 bits per heavy atom. The van der Waals surface area contributed by atoms with Crippen LogP contribution in [0.2, 0.25) is 0 Å². The fourth-order valence-corrected chi connectivity index (χ4v) is 4.27. The van der Waals surface area contributed by atoms with Crippen molar-refractivity contribution < 1.29 is 19.1 Å². The van der Waals surface area contributed by atoms with Gasteiger partial charge in [-0.15, -0.1) is 0 Å². The van der Waals surface area contributed by atoms with E-state index >= 15 is 0 Å². The highest BCUT2D eigenvalue weighted by Crippen LogP contribution is 2.40. The molecule has 1 aliphatic carbocycles. The van der Waals surface area contributed by atoms with Crippen LogP contribution in [0.3, 0.4) is 0 Å². The van der Waals surface area contributed by atoms with Crippen LogP contribution in [0.5, 0.6) is 0 Å². The molecule has 0 spiro atoms. The molecule has 31 heavy (non-hydrogen) atoms. The minimum absolute atomic E-state index is 0.0837. The van der Waals surface area contributed by atoms with Crippen LogP contribution in [0.25, 0.3) is 11.1 Å². The van der Waals surface area contributed by atoms with E-state index in [0.717, 1.165) is 24.8 Å². The summed E-state index contributed by atoms with van der Waals surface area (Å²) in [5.41, 5.74) is 2.38. The molecule has 5 rings (SSSR count). The summed E-state index contributed by atoms with van der Waals surface area (Å²) in [5.74, 6) is -1.40. The highest BCUT2D eigenvalue weighted by atomic mass is 19.1. The molecule has 2 aromatic rings. The molecule has 1 fully saturated rings. The minimum Gasteiger partial charge on any atom is -0.368 e. The maximum Gasteiger partial charge on any atom is 0.254 e. The second-order valence-electron chi connectivity index (χ2n) is 8.05. The normalized spacial score (nSPS) is 20.8. The molecule has 2 amide bonds. The second-order valence-corrected chi connectivity index (χ2v) is 8.05. The van der Waals surface area contributed by atoms with Crippen LogP contribution < -0.4 is 5.32 Å². The minimum atomic E-state index is -1.02. The number of nitrogens with one attached hydrogen (secondary N) is 1. The number of hydrogen-bond donors (Lipinski definition) is 2. The first kappa shape index (κ1) is 19.6. The van der Waals surface area contributed by atoms with Gasteiger partial charge in [0.1, 0.15) is 0 Å². The van der Waals surface area contributed by atoms with Gasteiger partial charge in [0, 0.05) is 47.9 Å². The number of nitrogens with zero attached hydrogens (tertiary/aromatic N) is 4. The lowest BCUT2D eigenvalue weighted by Gasteiger charge is -2.32. The molecule has 0 radical (unpaired) electrons. The van der Waals surface area contributed by atoms with E-state index in [9.17, 15) is 19.1 Å². The average Bonchev–Trinajstić information content (AvgIpc) is 3.56. The van der Waals surface area contributed by atoms with Crippen LogP contribution in [0.15, 0.2) is 48.1 Å². The number of aromatic nitrogens is 2. The van der Waals surface area contributed by atoms with Gasteiger partial charge in [0.25, 0.3) is 5.91 Å². The molecule has 1 atom stereocenters. The zero-order valence-corrected chi connectivity index (χ0v) is 16.8. The first-order valence-corrected chi connectivity index (χ1v) is 10.4. The summed E-state index contributed by atoms with van der Waals surface area (Å²) in [6.07, 6.45) is 6.79. The van der Waals surface area contributed by atoms with Crippen molar-refractivity contribution in [1.82, 2.24) is 19.8 Å². The zero-order valence-electron chi connectivity index (χ0n) is 16.8. The molecule has 0 saturated heterocycles. The number of carbonyl (C=O) groups excluding carboxylic acids is 2. The highest BCUT2D eigenvalue weighted by Gasteiger charge is 2.48. The van der Waals surface area contributed by atoms with Gasteiger partial charge < -0.3 is 20.2 Å². The van der Waals surface area contributed by atoms with Gasteiger partial charge >= 0.3 is 0 Å². The van der Waals surface area contributed by atoms with E-state index in [0.29, 0.717) is 29.8 Å². The maximum atomic E-state index is 14.5. The Bertz CT molecular complexity index is 1070. The third-order valence-electron chi connectivity index (χ3n) is 5.87. The van der Waals surface area contributed by atoms with Gasteiger partial charge in [0.05, 0.1) is 12.2 Å². The topological polar surface area (TPSA) is 98.7 Å². The zero-order chi connectivity index (χ0) is 21.5. The number of aliphatic hydroxyl groups excluding tert-OH is 1. The molecule has 4 heterocycles. The van der Waals surface area contributed by atoms with E-state index in [1.807, 2.05) is 0 Å². The van der Waals surface area contributed by atoms with Crippen molar-refractivity contribution in [2.45, 2.75) is 38.0 Å². The van der Waals surface area contributed by atoms with E-state index < -0.39 is 18.0 Å². The fraction of sp³-hybridized carbons (Fsp3) is 0.364. The van der Waals surface area contributed by atoms with Gasteiger partial charge in [-0.05, 0) is 37.8 Å². The molecule has 0 bridgehead atoms. The third-order valence-corrected chi connectivity index (χ3v) is 5.87. The van der Waals surface area contributed by atoms with E-state index in [1.54, 1.807) is 29.4 Å². The lowest BCUT2D eigenvalue weighted by atomic mass is 10.0. The summed E-state index contributed by atoms with van der Waals surface area (Å²) in [6, 6.07) is 4.92. The lowest BCUT2D eigenvalue weighted by molar-refractivity contribution is -0.132. The summed E-state index contributed by atoms with van der Waals surface area (Å²) in [5, 5.41) is 13.2. The summed E-state index contributed by atoms with van der Waals surface area (Å²) in [4.78, 5) is 36.6. The molecule has 2 N–H and O–H groups in total. The fourth-order valence-electron chi connectivity index (χ4n) is 4.27. The van der Waals surface area contributed by atoms with Gasteiger partial charge in [0.2, 0.25) is 5.91 Å². The second kappa shape index (κ2) is 7.73. The standard InChI is InChI=1S/C22H22FN5O3/c23-17-9-14(13-3-1-7-24-10-13)11-25-20(17)26-18(29)12-27-8-2-4-16-19(27)22(31)28(21(16)30)15-5-6-15/h1,3,7,9-11,15,22,31H,2,4-6,8,12H2,(H,25,26,29). The monoisotopic (exact) mass is 423 g/mol. The van der Waals surface area contributed by atoms with Crippen LogP contribution in [0.1, 0.15) is 25.7 Å². The van der Waals surface area contributed by atoms with Crippen LogP contribution in [0.4, 0.5) is 10.2 Å². The molecule has 9 heteroatoms. The van der Waals surface area contributed by atoms with E-state index in [2.05, 4.69) is 15.3 Å². The molecule has 3 aliphatic rings. The van der Waals surface area contributed by atoms with Crippen LogP contribution in [-0.4, -0.2) is 62.0 Å². The Hall–Kier alpha value is -3.33. The quantitative estimate of drug-likeness (QED) is 0.762. The van der Waals surface area contributed by atoms with Crippen molar-refractivity contribution in [2.75, 3.05) is 18.4 Å². The number of aliphatic hydroxyl groups is 1. The van der Waals surface area contributed by atoms with Gasteiger partial charge in [-0.3, -0.25) is 14.6 Å². The van der Waals surface area contributed by atoms with Crippen molar-refractivity contribution in [1.29, 1.82) is 0 Å². The third kappa shape index (κ3) is 3.65. The lowest BCUT2D eigenvalue weighted by Crippen LogP contribution is -2.42. The Morgan fingerprint density at radius 1 is 1.29 bits per heavy atom. The van der Waals surface area contributed by atoms with Gasteiger partial charge in [-0.1, -0.05) is 6.07 Å². The van der Waals surface area contributed by atoms with Crippen molar-refractivity contribution in [3.63, 3.8) is 0 Å². The average molecular weight is 423 g/mol. The van der Waals surface area contributed by atoms with E-state index in [1.165, 1.54) is 17.2 Å². The Morgan fingerprint density at radius 2 is 2.13 bits per heavy atom. The van der Waals surface area contributed by atoms with Crippen LogP contribution in [-0.2, 0) is 9.59 Å². The van der Waals surface area contributed by atoms with E-state index in [-0.39, 0.29) is 24.3 Å². The van der Waals surface area contributed by atoms with Crippen LogP contribution >= 0.6 is 0 Å². The molecule has 1 unspecified atom stereocenters. The Balaban J connectivity index is 1.29. The smallest absolute Gasteiger partial charge is 0.254 e. The SMILES string of the molecule is O=C(CN1CCCC2=C1C(O)N(C1CC1)C2=O)Nc1ncc(-c2cccnc2)cc1F.